The fourth-order valence-electron chi connectivity index (χ4n) is 2.59. The van der Waals surface area contributed by atoms with E-state index in [0.717, 1.165) is 31.8 Å². The van der Waals surface area contributed by atoms with E-state index in [4.69, 9.17) is 0 Å². The van der Waals surface area contributed by atoms with Crippen LogP contribution in [0.2, 0.25) is 0 Å². The normalized spacial score (nSPS) is 26.3. The van der Waals surface area contributed by atoms with Crippen LogP contribution >= 0.6 is 24.2 Å². The van der Waals surface area contributed by atoms with Gasteiger partial charge in [-0.2, -0.15) is 0 Å². The summed E-state index contributed by atoms with van der Waals surface area (Å²) in [5.41, 5.74) is 0. The molecule has 116 valence electrons. The van der Waals surface area contributed by atoms with Crippen molar-refractivity contribution in [1.82, 2.24) is 15.1 Å². The first-order valence-corrected chi connectivity index (χ1v) is 8.18. The van der Waals surface area contributed by atoms with Crippen LogP contribution in [0.25, 0.3) is 0 Å². The predicted molar refractivity (Wildman–Crippen MR) is 84.2 cm³/mol. The number of halogens is 1. The summed E-state index contributed by atoms with van der Waals surface area (Å²) in [7, 11) is 0. The van der Waals surface area contributed by atoms with Gasteiger partial charge in [-0.25, -0.2) is 0 Å². The number of nitrogens with one attached hydrogen (secondary N) is 1. The fraction of sp³-hybridized carbons (Fsp3) is 0.846. The zero-order chi connectivity index (χ0) is 13.8. The zero-order valence-corrected chi connectivity index (χ0v) is 13.8. The number of hydrogen-bond donors (Lipinski definition) is 1. The highest BCUT2D eigenvalue weighted by molar-refractivity contribution is 7.99. The van der Waals surface area contributed by atoms with Crippen molar-refractivity contribution in [1.29, 1.82) is 0 Å². The quantitative estimate of drug-likeness (QED) is 0.840. The van der Waals surface area contributed by atoms with Crippen molar-refractivity contribution in [3.8, 4) is 0 Å². The largest absolute Gasteiger partial charge is 0.338 e. The van der Waals surface area contributed by atoms with Gasteiger partial charge in [0.05, 0.1) is 5.88 Å². The minimum Gasteiger partial charge on any atom is -0.338 e. The molecule has 0 aliphatic carbocycles. The molecule has 2 atom stereocenters. The summed E-state index contributed by atoms with van der Waals surface area (Å²) in [5, 5.41) is 3.33. The number of hydrogen-bond acceptors (Lipinski definition) is 4. The second-order valence-corrected chi connectivity index (χ2v) is 6.27. The van der Waals surface area contributed by atoms with Crippen LogP contribution in [0.5, 0.6) is 0 Å². The molecule has 2 rings (SSSR count). The lowest BCUT2D eigenvalue weighted by molar-refractivity contribution is -0.144. The molecule has 5 nitrogen and oxygen atoms in total. The lowest BCUT2D eigenvalue weighted by Crippen LogP contribution is -2.56. The molecule has 2 aliphatic rings. The molecule has 0 aromatic carbocycles. The third-order valence-electron chi connectivity index (χ3n) is 3.63. The van der Waals surface area contributed by atoms with Crippen LogP contribution in [0, 0.1) is 0 Å². The van der Waals surface area contributed by atoms with Gasteiger partial charge in [-0.3, -0.25) is 9.59 Å². The smallest absolute Gasteiger partial charge is 0.246 e. The van der Waals surface area contributed by atoms with Crippen molar-refractivity contribution in [2.24, 2.45) is 0 Å². The Balaban J connectivity index is 0.00000200. The van der Waals surface area contributed by atoms with Gasteiger partial charge in [-0.15, -0.1) is 24.2 Å². The highest BCUT2D eigenvalue weighted by Crippen LogP contribution is 2.24. The van der Waals surface area contributed by atoms with Crippen LogP contribution in [-0.2, 0) is 9.59 Å². The van der Waals surface area contributed by atoms with Crippen LogP contribution in [0.3, 0.4) is 0 Å². The van der Waals surface area contributed by atoms with Gasteiger partial charge in [-0.1, -0.05) is 6.92 Å². The lowest BCUT2D eigenvalue weighted by atomic mass is 10.1. The van der Waals surface area contributed by atoms with Crippen LogP contribution < -0.4 is 5.32 Å². The van der Waals surface area contributed by atoms with Crippen LogP contribution in [0.4, 0.5) is 0 Å². The van der Waals surface area contributed by atoms with Gasteiger partial charge < -0.3 is 15.1 Å². The van der Waals surface area contributed by atoms with Gasteiger partial charge in [0.2, 0.25) is 11.8 Å². The van der Waals surface area contributed by atoms with Crippen LogP contribution in [0.15, 0.2) is 0 Å². The first kappa shape index (κ1) is 17.6. The zero-order valence-electron chi connectivity index (χ0n) is 12.1. The van der Waals surface area contributed by atoms with Crippen molar-refractivity contribution in [3.63, 3.8) is 0 Å². The van der Waals surface area contributed by atoms with Crippen LogP contribution in [0.1, 0.15) is 26.7 Å². The average molecular weight is 322 g/mol. The third kappa shape index (κ3) is 4.02. The maximum atomic E-state index is 12.6. The number of carbonyl (C=O) groups is 2. The summed E-state index contributed by atoms with van der Waals surface area (Å²) in [6.45, 7) is 6.42. The predicted octanol–water partition coefficient (Wildman–Crippen LogP) is 0.930. The molecule has 0 aromatic rings. The van der Waals surface area contributed by atoms with Crippen molar-refractivity contribution in [3.05, 3.63) is 0 Å². The molecule has 7 heteroatoms. The third-order valence-corrected chi connectivity index (χ3v) is 4.64. The van der Waals surface area contributed by atoms with Gasteiger partial charge in [0.15, 0.2) is 0 Å². The van der Waals surface area contributed by atoms with Gasteiger partial charge >= 0.3 is 0 Å². The van der Waals surface area contributed by atoms with E-state index in [0.29, 0.717) is 18.3 Å². The maximum Gasteiger partial charge on any atom is 0.246 e. The Labute approximate surface area is 131 Å². The molecule has 2 heterocycles. The van der Waals surface area contributed by atoms with E-state index in [1.807, 2.05) is 11.8 Å². The summed E-state index contributed by atoms with van der Waals surface area (Å²) in [5.74, 6) is 1.65. The van der Waals surface area contributed by atoms with Crippen molar-refractivity contribution in [2.45, 2.75) is 38.8 Å². The first-order valence-electron chi connectivity index (χ1n) is 7.03. The Morgan fingerprint density at radius 3 is 2.80 bits per heavy atom. The maximum absolute atomic E-state index is 12.6. The summed E-state index contributed by atoms with van der Waals surface area (Å²) in [6, 6.07) is 0.0981. The summed E-state index contributed by atoms with van der Waals surface area (Å²) in [6.07, 6.45) is 1.38. The summed E-state index contributed by atoms with van der Waals surface area (Å²) < 4.78 is 0. The van der Waals surface area contributed by atoms with Crippen molar-refractivity contribution in [2.75, 3.05) is 31.3 Å². The molecule has 0 aromatic heterocycles. The highest BCUT2D eigenvalue weighted by atomic mass is 35.5. The molecular weight excluding hydrogens is 298 g/mol. The molecule has 2 unspecified atom stereocenters. The minimum atomic E-state index is -0.241. The topological polar surface area (TPSA) is 52.7 Å². The van der Waals surface area contributed by atoms with Crippen LogP contribution in [-0.4, -0.2) is 65.0 Å². The second-order valence-electron chi connectivity index (χ2n) is 5.27. The van der Waals surface area contributed by atoms with Crippen molar-refractivity contribution >= 4 is 36.0 Å². The molecule has 2 fully saturated rings. The number of amides is 2. The standard InChI is InChI=1S/C13H23N3O2S.ClH/c1-3-4-12(17)16-9-19-8-11(16)13(18)15-6-5-14-10(2)7-15;/h10-11,14H,3-9H2,1-2H3;1H. The molecule has 2 saturated heterocycles. The number of piperazine rings is 1. The van der Waals surface area contributed by atoms with E-state index in [1.165, 1.54) is 0 Å². The fourth-order valence-corrected chi connectivity index (χ4v) is 3.77. The number of nitrogens with zero attached hydrogens (tertiary/aromatic N) is 2. The number of rotatable bonds is 3. The van der Waals surface area contributed by atoms with E-state index in [1.54, 1.807) is 16.7 Å². The number of thioether (sulfide) groups is 1. The lowest BCUT2D eigenvalue weighted by Gasteiger charge is -2.35. The molecule has 0 spiro atoms. The first-order chi connectivity index (χ1) is 9.13. The van der Waals surface area contributed by atoms with Gasteiger partial charge in [0.1, 0.15) is 6.04 Å². The molecular formula is C13H24ClN3O2S. The monoisotopic (exact) mass is 321 g/mol. The van der Waals surface area contributed by atoms with E-state index < -0.39 is 0 Å². The second kappa shape index (κ2) is 8.10. The number of carbonyl (C=O) groups excluding carboxylic acids is 2. The minimum absolute atomic E-state index is 0. The molecule has 0 saturated carbocycles. The van der Waals surface area contributed by atoms with E-state index >= 15 is 0 Å². The molecule has 1 N–H and O–H groups in total. The molecule has 20 heavy (non-hydrogen) atoms. The van der Waals surface area contributed by atoms with E-state index in [9.17, 15) is 9.59 Å². The average Bonchev–Trinajstić information content (AvgIpc) is 2.87. The SMILES string of the molecule is CCCC(=O)N1CSCC1C(=O)N1CCNC(C)C1.Cl. The summed E-state index contributed by atoms with van der Waals surface area (Å²) >= 11 is 1.68. The Morgan fingerprint density at radius 1 is 1.40 bits per heavy atom. The molecule has 2 aliphatic heterocycles. The Kier molecular flexibility index (Phi) is 7.12. The van der Waals surface area contributed by atoms with Crippen molar-refractivity contribution < 1.29 is 9.59 Å². The van der Waals surface area contributed by atoms with Gasteiger partial charge in [-0.05, 0) is 13.3 Å². The molecule has 2 amide bonds. The van der Waals surface area contributed by atoms with E-state index in [2.05, 4.69) is 12.2 Å². The van der Waals surface area contributed by atoms with Gasteiger partial charge in [0.25, 0.3) is 0 Å². The van der Waals surface area contributed by atoms with E-state index in [-0.39, 0.29) is 30.3 Å². The summed E-state index contributed by atoms with van der Waals surface area (Å²) in [4.78, 5) is 28.3. The highest BCUT2D eigenvalue weighted by Gasteiger charge is 2.37. The Bertz CT molecular complexity index is 357. The Morgan fingerprint density at radius 2 is 2.15 bits per heavy atom. The van der Waals surface area contributed by atoms with Gasteiger partial charge in [0, 0.05) is 37.8 Å². The molecule has 0 radical (unpaired) electrons. The molecule has 0 bridgehead atoms. The Hall–Kier alpha value is -0.460.